The summed E-state index contributed by atoms with van der Waals surface area (Å²) in [7, 11) is 0. The maximum absolute atomic E-state index is 9.49. The maximum atomic E-state index is 9.49. The van der Waals surface area contributed by atoms with Crippen LogP contribution in [-0.4, -0.2) is 5.97 Å². The molecule has 0 bridgehead atoms. The van der Waals surface area contributed by atoms with E-state index in [1.807, 2.05) is 0 Å². The van der Waals surface area contributed by atoms with Crippen LogP contribution in [0.25, 0.3) is 0 Å². The molecule has 0 aliphatic rings. The van der Waals surface area contributed by atoms with E-state index < -0.39 is 5.97 Å². The predicted molar refractivity (Wildman–Crippen MR) is 22.3 cm³/mol. The average Bonchev–Trinajstić information content (AvgIpc) is 1.36. The SMILES string of the molecule is C=C(C)C(=O)[O-].F. The van der Waals surface area contributed by atoms with Crippen LogP contribution in [0.3, 0.4) is 0 Å². The number of rotatable bonds is 1. The molecular formula is C4H6FO2-. The molecule has 3 heteroatoms. The highest BCUT2D eigenvalue weighted by atomic mass is 19.0. The fourth-order valence-corrected chi connectivity index (χ4v) is 0. The number of halogens is 1. The quantitative estimate of drug-likeness (QED) is 0.420. The highest BCUT2D eigenvalue weighted by molar-refractivity contribution is 5.82. The van der Waals surface area contributed by atoms with E-state index in [0.29, 0.717) is 0 Å². The summed E-state index contributed by atoms with van der Waals surface area (Å²) in [5.41, 5.74) is 0.0648. The van der Waals surface area contributed by atoms with Gasteiger partial charge in [0.1, 0.15) is 0 Å². The van der Waals surface area contributed by atoms with Gasteiger partial charge in [-0.15, -0.1) is 0 Å². The minimum absolute atomic E-state index is 0. The lowest BCUT2D eigenvalue weighted by Crippen LogP contribution is -2.22. The zero-order valence-electron chi connectivity index (χ0n) is 3.93. The number of hydrogen-bond acceptors (Lipinski definition) is 2. The first-order chi connectivity index (χ1) is 2.64. The van der Waals surface area contributed by atoms with E-state index in [1.54, 1.807) is 0 Å². The van der Waals surface area contributed by atoms with E-state index in [2.05, 4.69) is 6.58 Å². The van der Waals surface area contributed by atoms with Gasteiger partial charge in [-0.2, -0.15) is 0 Å². The number of aliphatic carboxylic acids is 1. The van der Waals surface area contributed by atoms with Crippen LogP contribution in [0.1, 0.15) is 6.92 Å². The van der Waals surface area contributed by atoms with E-state index in [1.165, 1.54) is 6.92 Å². The summed E-state index contributed by atoms with van der Waals surface area (Å²) in [5.74, 6) is -1.19. The number of carbonyl (C=O) groups excluding carboxylic acids is 1. The molecule has 0 saturated heterocycles. The van der Waals surface area contributed by atoms with Crippen molar-refractivity contribution in [1.29, 1.82) is 0 Å². The van der Waals surface area contributed by atoms with Crippen LogP contribution in [0.5, 0.6) is 0 Å². The summed E-state index contributed by atoms with van der Waals surface area (Å²) in [5, 5.41) is 9.49. The summed E-state index contributed by atoms with van der Waals surface area (Å²) < 4.78 is 0. The van der Waals surface area contributed by atoms with Gasteiger partial charge in [-0.1, -0.05) is 6.58 Å². The van der Waals surface area contributed by atoms with Gasteiger partial charge in [-0.05, 0) is 12.5 Å². The molecule has 0 aromatic carbocycles. The molecule has 0 aliphatic carbocycles. The Morgan fingerprint density at radius 2 is 1.86 bits per heavy atom. The van der Waals surface area contributed by atoms with Crippen LogP contribution in [0, 0.1) is 0 Å². The molecule has 0 saturated carbocycles. The lowest BCUT2D eigenvalue weighted by atomic mass is 10.4. The average molecular weight is 105 g/mol. The molecule has 0 radical (unpaired) electrons. The molecule has 0 aliphatic heterocycles. The molecule has 0 atom stereocenters. The summed E-state index contributed by atoms with van der Waals surface area (Å²) in [6.07, 6.45) is 0. The topological polar surface area (TPSA) is 40.1 Å². The number of carboxylic acids is 1. The lowest BCUT2D eigenvalue weighted by molar-refractivity contribution is -0.299. The number of carboxylic acid groups (broad SMARTS) is 1. The predicted octanol–water partition coefficient (Wildman–Crippen LogP) is -0.535. The Balaban J connectivity index is 0. The third-order valence-corrected chi connectivity index (χ3v) is 0.348. The first-order valence-electron chi connectivity index (χ1n) is 1.51. The summed E-state index contributed by atoms with van der Waals surface area (Å²) in [4.78, 5) is 9.49. The monoisotopic (exact) mass is 105 g/mol. The highest BCUT2D eigenvalue weighted by Gasteiger charge is 1.76. The van der Waals surface area contributed by atoms with E-state index in [4.69, 9.17) is 0 Å². The Labute approximate surface area is 40.8 Å². The van der Waals surface area contributed by atoms with Crippen LogP contribution in [0.2, 0.25) is 0 Å². The fourth-order valence-electron chi connectivity index (χ4n) is 0. The van der Waals surface area contributed by atoms with Crippen molar-refractivity contribution in [2.75, 3.05) is 0 Å². The Bertz CT molecular complexity index is 75.7. The van der Waals surface area contributed by atoms with Gasteiger partial charge in [0.2, 0.25) is 0 Å². The summed E-state index contributed by atoms with van der Waals surface area (Å²) in [6, 6.07) is 0. The molecule has 0 amide bonds. The van der Waals surface area contributed by atoms with Gasteiger partial charge in [0, 0.05) is 0 Å². The Morgan fingerprint density at radius 3 is 1.86 bits per heavy atom. The minimum Gasteiger partial charge on any atom is -0.545 e. The van der Waals surface area contributed by atoms with Crippen molar-refractivity contribution in [1.82, 2.24) is 0 Å². The van der Waals surface area contributed by atoms with Crippen molar-refractivity contribution in [2.45, 2.75) is 6.92 Å². The lowest BCUT2D eigenvalue weighted by Gasteiger charge is -1.93. The molecule has 2 nitrogen and oxygen atoms in total. The smallest absolute Gasteiger partial charge is 0.0666 e. The van der Waals surface area contributed by atoms with Crippen LogP contribution in [0.15, 0.2) is 12.2 Å². The molecule has 0 N–H and O–H groups in total. The maximum Gasteiger partial charge on any atom is 0.0666 e. The van der Waals surface area contributed by atoms with Crippen LogP contribution in [0.4, 0.5) is 4.70 Å². The van der Waals surface area contributed by atoms with Crippen molar-refractivity contribution < 1.29 is 14.6 Å². The molecule has 42 valence electrons. The third kappa shape index (κ3) is 5.14. The van der Waals surface area contributed by atoms with E-state index in [9.17, 15) is 9.90 Å². The van der Waals surface area contributed by atoms with Gasteiger partial charge in [0.25, 0.3) is 0 Å². The van der Waals surface area contributed by atoms with E-state index in [0.717, 1.165) is 0 Å². The van der Waals surface area contributed by atoms with Gasteiger partial charge >= 0.3 is 0 Å². The molecule has 0 rings (SSSR count). The molecule has 0 fully saturated rings. The Hall–Kier alpha value is -0.860. The molecule has 0 aromatic rings. The number of hydrogen-bond donors (Lipinski definition) is 0. The normalized spacial score (nSPS) is 6.43. The van der Waals surface area contributed by atoms with Crippen molar-refractivity contribution in [2.24, 2.45) is 0 Å². The Kier molecular flexibility index (Phi) is 4.51. The highest BCUT2D eigenvalue weighted by Crippen LogP contribution is 1.77. The summed E-state index contributed by atoms with van der Waals surface area (Å²) in [6.45, 7) is 4.48. The van der Waals surface area contributed by atoms with Gasteiger partial charge in [-0.25, -0.2) is 0 Å². The molecule has 0 aromatic heterocycles. The molecule has 7 heavy (non-hydrogen) atoms. The zero-order valence-corrected chi connectivity index (χ0v) is 3.93. The molecule has 0 spiro atoms. The first kappa shape index (κ1) is 9.46. The van der Waals surface area contributed by atoms with Crippen molar-refractivity contribution in [3.63, 3.8) is 0 Å². The van der Waals surface area contributed by atoms with Gasteiger partial charge in [-0.3, -0.25) is 4.70 Å². The molecule has 0 heterocycles. The molecular weight excluding hydrogens is 99.0 g/mol. The zero-order chi connectivity index (χ0) is 5.15. The van der Waals surface area contributed by atoms with Crippen LogP contribution >= 0.6 is 0 Å². The van der Waals surface area contributed by atoms with Gasteiger partial charge in [0.05, 0.1) is 5.97 Å². The van der Waals surface area contributed by atoms with Gasteiger partial charge < -0.3 is 9.90 Å². The largest absolute Gasteiger partial charge is 0.545 e. The second-order valence-corrected chi connectivity index (χ2v) is 1.07. The van der Waals surface area contributed by atoms with Crippen molar-refractivity contribution in [3.05, 3.63) is 12.2 Å². The standard InChI is InChI=1S/C4H6O2.FH/c1-3(2)4(5)6;/h1H2,2H3,(H,5,6);1H/p-1. The second kappa shape index (κ2) is 3.33. The van der Waals surface area contributed by atoms with Crippen LogP contribution in [-0.2, 0) is 4.79 Å². The Morgan fingerprint density at radius 1 is 1.71 bits per heavy atom. The summed E-state index contributed by atoms with van der Waals surface area (Å²) >= 11 is 0. The first-order valence-corrected chi connectivity index (χ1v) is 1.51. The second-order valence-electron chi connectivity index (χ2n) is 1.07. The third-order valence-electron chi connectivity index (χ3n) is 0.348. The van der Waals surface area contributed by atoms with E-state index in [-0.39, 0.29) is 10.3 Å². The molecule has 0 unspecified atom stereocenters. The minimum atomic E-state index is -1.19. The van der Waals surface area contributed by atoms with E-state index >= 15 is 0 Å². The number of carbonyl (C=O) groups is 1. The fraction of sp³-hybridized carbons (Fsp3) is 0.250. The van der Waals surface area contributed by atoms with Crippen molar-refractivity contribution in [3.8, 4) is 0 Å². The van der Waals surface area contributed by atoms with Crippen molar-refractivity contribution >= 4 is 5.97 Å². The van der Waals surface area contributed by atoms with Crippen LogP contribution < -0.4 is 5.11 Å². The van der Waals surface area contributed by atoms with Gasteiger partial charge in [0.15, 0.2) is 0 Å².